The Morgan fingerprint density at radius 1 is 1.28 bits per heavy atom. The standard InChI is InChI=1S/C12H12N2O4/c1-12(2,3)18-10(15)4-9-7-5-13-14-6-8(7)11(16)17-9/h4-6H,1-3H3/b9-4-. The van der Waals surface area contributed by atoms with Crippen LogP contribution in [-0.2, 0) is 14.3 Å². The maximum Gasteiger partial charge on any atom is 0.346 e. The molecule has 1 aromatic rings. The van der Waals surface area contributed by atoms with E-state index in [1.54, 1.807) is 20.8 Å². The highest BCUT2D eigenvalue weighted by molar-refractivity contribution is 6.05. The lowest BCUT2D eigenvalue weighted by Crippen LogP contribution is -2.22. The summed E-state index contributed by atoms with van der Waals surface area (Å²) < 4.78 is 10.1. The van der Waals surface area contributed by atoms with Crippen molar-refractivity contribution >= 4 is 17.7 Å². The molecule has 2 heterocycles. The fourth-order valence-electron chi connectivity index (χ4n) is 1.44. The minimum absolute atomic E-state index is 0.138. The Balaban J connectivity index is 2.27. The molecule has 0 N–H and O–H groups in total. The van der Waals surface area contributed by atoms with E-state index in [4.69, 9.17) is 9.47 Å². The third-order valence-corrected chi connectivity index (χ3v) is 2.07. The molecule has 0 saturated carbocycles. The van der Waals surface area contributed by atoms with Gasteiger partial charge in [-0.05, 0) is 20.8 Å². The van der Waals surface area contributed by atoms with Crippen LogP contribution >= 0.6 is 0 Å². The normalized spacial score (nSPS) is 16.4. The van der Waals surface area contributed by atoms with E-state index in [9.17, 15) is 9.59 Å². The van der Waals surface area contributed by atoms with E-state index >= 15 is 0 Å². The number of nitrogens with zero attached hydrogens (tertiary/aromatic N) is 2. The molecule has 6 heteroatoms. The Morgan fingerprint density at radius 3 is 2.50 bits per heavy atom. The second-order valence-corrected chi connectivity index (χ2v) is 4.75. The Kier molecular flexibility index (Phi) is 2.86. The number of carbonyl (C=O) groups excluding carboxylic acids is 2. The van der Waals surface area contributed by atoms with Gasteiger partial charge in [0, 0.05) is 0 Å². The molecule has 0 saturated heterocycles. The fourth-order valence-corrected chi connectivity index (χ4v) is 1.44. The Bertz CT molecular complexity index is 543. The largest absolute Gasteiger partial charge is 0.457 e. The van der Waals surface area contributed by atoms with E-state index in [2.05, 4.69) is 10.2 Å². The first kappa shape index (κ1) is 12.2. The predicted octanol–water partition coefficient (Wildman–Crippen LogP) is 1.33. The van der Waals surface area contributed by atoms with Gasteiger partial charge in [-0.2, -0.15) is 10.2 Å². The zero-order valence-electron chi connectivity index (χ0n) is 10.3. The summed E-state index contributed by atoms with van der Waals surface area (Å²) in [5.74, 6) is -0.983. The van der Waals surface area contributed by atoms with Crippen LogP contribution in [0.1, 0.15) is 36.7 Å². The topological polar surface area (TPSA) is 78.4 Å². The van der Waals surface area contributed by atoms with Crippen molar-refractivity contribution in [3.63, 3.8) is 0 Å². The van der Waals surface area contributed by atoms with Crippen LogP contribution in [0.4, 0.5) is 0 Å². The maximum absolute atomic E-state index is 11.6. The van der Waals surface area contributed by atoms with Crippen LogP contribution in [0.5, 0.6) is 0 Å². The van der Waals surface area contributed by atoms with Crippen molar-refractivity contribution in [3.05, 3.63) is 29.6 Å². The first-order valence-electron chi connectivity index (χ1n) is 5.35. The van der Waals surface area contributed by atoms with E-state index in [-0.39, 0.29) is 5.76 Å². The molecular weight excluding hydrogens is 236 g/mol. The average molecular weight is 248 g/mol. The van der Waals surface area contributed by atoms with Crippen LogP contribution in [0, 0.1) is 0 Å². The molecule has 94 valence electrons. The average Bonchev–Trinajstić information content (AvgIpc) is 2.54. The van der Waals surface area contributed by atoms with E-state index in [0.29, 0.717) is 11.1 Å². The fraction of sp³-hybridized carbons (Fsp3) is 0.333. The number of hydrogen-bond acceptors (Lipinski definition) is 6. The number of esters is 2. The Morgan fingerprint density at radius 2 is 1.89 bits per heavy atom. The molecule has 1 aliphatic heterocycles. The number of carbonyl (C=O) groups is 2. The van der Waals surface area contributed by atoms with Gasteiger partial charge in [0.05, 0.1) is 29.6 Å². The van der Waals surface area contributed by atoms with Crippen molar-refractivity contribution in [3.8, 4) is 0 Å². The molecule has 1 aliphatic rings. The number of fused-ring (bicyclic) bond motifs is 1. The molecule has 0 radical (unpaired) electrons. The maximum atomic E-state index is 11.6. The van der Waals surface area contributed by atoms with Gasteiger partial charge in [-0.15, -0.1) is 0 Å². The van der Waals surface area contributed by atoms with Crippen LogP contribution in [-0.4, -0.2) is 27.7 Å². The quantitative estimate of drug-likeness (QED) is 0.551. The molecule has 0 aliphatic carbocycles. The van der Waals surface area contributed by atoms with Crippen molar-refractivity contribution in [1.82, 2.24) is 10.2 Å². The highest BCUT2D eigenvalue weighted by Gasteiger charge is 2.28. The Labute approximate surface area is 104 Å². The predicted molar refractivity (Wildman–Crippen MR) is 61.3 cm³/mol. The molecule has 0 aromatic carbocycles. The van der Waals surface area contributed by atoms with Gasteiger partial charge in [-0.3, -0.25) is 0 Å². The van der Waals surface area contributed by atoms with Crippen molar-refractivity contribution in [2.45, 2.75) is 26.4 Å². The second-order valence-electron chi connectivity index (χ2n) is 4.75. The third kappa shape index (κ3) is 2.53. The van der Waals surface area contributed by atoms with Gasteiger partial charge < -0.3 is 9.47 Å². The van der Waals surface area contributed by atoms with Gasteiger partial charge in [0.25, 0.3) is 0 Å². The van der Waals surface area contributed by atoms with Crippen LogP contribution in [0.3, 0.4) is 0 Å². The third-order valence-electron chi connectivity index (χ3n) is 2.07. The van der Waals surface area contributed by atoms with Crippen molar-refractivity contribution in [2.75, 3.05) is 0 Å². The van der Waals surface area contributed by atoms with Crippen molar-refractivity contribution < 1.29 is 19.1 Å². The molecule has 0 unspecified atom stereocenters. The van der Waals surface area contributed by atoms with Crippen LogP contribution in [0.2, 0.25) is 0 Å². The van der Waals surface area contributed by atoms with Gasteiger partial charge in [0.15, 0.2) is 0 Å². The highest BCUT2D eigenvalue weighted by atomic mass is 16.6. The monoisotopic (exact) mass is 248 g/mol. The zero-order chi connectivity index (χ0) is 13.3. The van der Waals surface area contributed by atoms with Gasteiger partial charge in [-0.25, -0.2) is 9.59 Å². The summed E-state index contributed by atoms with van der Waals surface area (Å²) in [4.78, 5) is 23.1. The number of rotatable bonds is 1. The molecule has 0 amide bonds. The summed E-state index contributed by atoms with van der Waals surface area (Å²) in [6, 6.07) is 0. The van der Waals surface area contributed by atoms with Gasteiger partial charge in [0.2, 0.25) is 0 Å². The summed E-state index contributed by atoms with van der Waals surface area (Å²) in [6.07, 6.45) is 3.81. The minimum Gasteiger partial charge on any atom is -0.457 e. The lowest BCUT2D eigenvalue weighted by molar-refractivity contribution is -0.148. The zero-order valence-corrected chi connectivity index (χ0v) is 10.3. The summed E-state index contributed by atoms with van der Waals surface area (Å²) in [7, 11) is 0. The summed E-state index contributed by atoms with van der Waals surface area (Å²) in [5.41, 5.74) is 0.136. The van der Waals surface area contributed by atoms with Crippen molar-refractivity contribution in [1.29, 1.82) is 0 Å². The SMILES string of the molecule is CC(C)(C)OC(=O)/C=C1\OC(=O)c2cnncc21. The van der Waals surface area contributed by atoms with E-state index in [1.807, 2.05) is 0 Å². The van der Waals surface area contributed by atoms with Gasteiger partial charge >= 0.3 is 11.9 Å². The summed E-state index contributed by atoms with van der Waals surface area (Å²) >= 11 is 0. The molecule has 0 atom stereocenters. The molecule has 2 rings (SSSR count). The molecular formula is C12H12N2O4. The first-order valence-corrected chi connectivity index (χ1v) is 5.35. The highest BCUT2D eigenvalue weighted by Crippen LogP contribution is 2.28. The van der Waals surface area contributed by atoms with Crippen LogP contribution in [0.15, 0.2) is 18.5 Å². The van der Waals surface area contributed by atoms with E-state index in [1.165, 1.54) is 12.4 Å². The molecule has 1 aromatic heterocycles. The lowest BCUT2D eigenvalue weighted by atomic mass is 10.1. The van der Waals surface area contributed by atoms with Crippen LogP contribution < -0.4 is 0 Å². The van der Waals surface area contributed by atoms with E-state index < -0.39 is 17.5 Å². The number of hydrogen-bond donors (Lipinski definition) is 0. The number of cyclic esters (lactones) is 1. The molecule has 0 bridgehead atoms. The number of ether oxygens (including phenoxy) is 2. The number of aromatic nitrogens is 2. The molecule has 18 heavy (non-hydrogen) atoms. The molecule has 6 nitrogen and oxygen atoms in total. The molecule has 0 spiro atoms. The van der Waals surface area contributed by atoms with Crippen molar-refractivity contribution in [2.24, 2.45) is 0 Å². The minimum atomic E-state index is -0.601. The second kappa shape index (κ2) is 4.21. The van der Waals surface area contributed by atoms with Gasteiger partial charge in [0.1, 0.15) is 11.4 Å². The van der Waals surface area contributed by atoms with E-state index in [0.717, 1.165) is 6.08 Å². The van der Waals surface area contributed by atoms with Crippen LogP contribution in [0.25, 0.3) is 5.76 Å². The first-order chi connectivity index (χ1) is 8.37. The van der Waals surface area contributed by atoms with Gasteiger partial charge in [-0.1, -0.05) is 0 Å². The lowest BCUT2D eigenvalue weighted by Gasteiger charge is -2.18. The Hall–Kier alpha value is -2.24. The summed E-state index contributed by atoms with van der Waals surface area (Å²) in [6.45, 7) is 5.26. The molecule has 0 fully saturated rings. The smallest absolute Gasteiger partial charge is 0.346 e. The summed E-state index contributed by atoms with van der Waals surface area (Å²) in [5, 5.41) is 7.23.